The Bertz CT molecular complexity index is 752. The molecule has 0 aliphatic heterocycles. The Labute approximate surface area is 138 Å². The van der Waals surface area contributed by atoms with Crippen molar-refractivity contribution in [3.63, 3.8) is 0 Å². The highest BCUT2D eigenvalue weighted by molar-refractivity contribution is 5.82. The second-order valence-electron chi connectivity index (χ2n) is 5.78. The van der Waals surface area contributed by atoms with Crippen molar-refractivity contribution in [1.82, 2.24) is 10.3 Å². The van der Waals surface area contributed by atoms with Gasteiger partial charge in [-0.3, -0.25) is 4.79 Å². The van der Waals surface area contributed by atoms with E-state index in [-0.39, 0.29) is 17.7 Å². The van der Waals surface area contributed by atoms with Gasteiger partial charge < -0.3 is 10.1 Å². The van der Waals surface area contributed by atoms with Gasteiger partial charge in [0.05, 0.1) is 6.61 Å². The van der Waals surface area contributed by atoms with Gasteiger partial charge >= 0.3 is 0 Å². The molecule has 1 aromatic carbocycles. The number of nitrogens with zero attached hydrogens (tertiary/aromatic N) is 1. The van der Waals surface area contributed by atoms with Crippen molar-refractivity contribution in [2.24, 2.45) is 5.92 Å². The minimum Gasteiger partial charge on any atom is -0.478 e. The van der Waals surface area contributed by atoms with E-state index in [0.717, 1.165) is 11.6 Å². The number of carbonyl (C=O) groups is 1. The van der Waals surface area contributed by atoms with Gasteiger partial charge in [-0.15, -0.1) is 0 Å². The van der Waals surface area contributed by atoms with Crippen LogP contribution in [0.2, 0.25) is 0 Å². The number of carbonyl (C=O) groups excluding carboxylic acids is 1. The molecule has 1 saturated carbocycles. The molecule has 0 bridgehead atoms. The number of pyridine rings is 1. The maximum atomic E-state index is 13.3. The van der Waals surface area contributed by atoms with Crippen LogP contribution in [0.1, 0.15) is 30.4 Å². The standard InChI is InChI=1S/C18H18F2N2O2/c1-2-24-17-7-11(5-6-21-17)10-22-18(23)14-9-13(14)12-3-4-15(19)16(20)8-12/h3-8,13-14H,2,9-10H2,1H3,(H,22,23). The largest absolute Gasteiger partial charge is 0.478 e. The lowest BCUT2D eigenvalue weighted by atomic mass is 10.1. The zero-order chi connectivity index (χ0) is 17.1. The van der Waals surface area contributed by atoms with Crippen LogP contribution in [0.5, 0.6) is 5.88 Å². The zero-order valence-electron chi connectivity index (χ0n) is 13.3. The first-order valence-electron chi connectivity index (χ1n) is 7.89. The molecule has 1 aromatic heterocycles. The van der Waals surface area contributed by atoms with Gasteiger partial charge in [0.1, 0.15) is 0 Å². The quantitative estimate of drug-likeness (QED) is 0.884. The van der Waals surface area contributed by atoms with Gasteiger partial charge in [0.15, 0.2) is 11.6 Å². The highest BCUT2D eigenvalue weighted by Crippen LogP contribution is 2.47. The summed E-state index contributed by atoms with van der Waals surface area (Å²) < 4.78 is 31.6. The van der Waals surface area contributed by atoms with Gasteiger partial charge in [0.25, 0.3) is 0 Å². The Balaban J connectivity index is 1.55. The number of ether oxygens (including phenoxy) is 1. The lowest BCUT2D eigenvalue weighted by Crippen LogP contribution is -2.24. The maximum absolute atomic E-state index is 13.3. The molecule has 1 aliphatic rings. The van der Waals surface area contributed by atoms with Crippen LogP contribution in [-0.2, 0) is 11.3 Å². The summed E-state index contributed by atoms with van der Waals surface area (Å²) in [5.74, 6) is -1.54. The Hall–Kier alpha value is -2.50. The van der Waals surface area contributed by atoms with Crippen LogP contribution >= 0.6 is 0 Å². The first kappa shape index (κ1) is 16.4. The Morgan fingerprint density at radius 1 is 1.29 bits per heavy atom. The van der Waals surface area contributed by atoms with Crippen molar-refractivity contribution in [1.29, 1.82) is 0 Å². The molecule has 1 N–H and O–H groups in total. The van der Waals surface area contributed by atoms with Crippen LogP contribution < -0.4 is 10.1 Å². The van der Waals surface area contributed by atoms with Crippen molar-refractivity contribution >= 4 is 5.91 Å². The van der Waals surface area contributed by atoms with Crippen LogP contribution in [0.25, 0.3) is 0 Å². The monoisotopic (exact) mass is 332 g/mol. The fraction of sp³-hybridized carbons (Fsp3) is 0.333. The van der Waals surface area contributed by atoms with Crippen LogP contribution in [-0.4, -0.2) is 17.5 Å². The van der Waals surface area contributed by atoms with Crippen LogP contribution in [0.4, 0.5) is 8.78 Å². The molecule has 1 fully saturated rings. The van der Waals surface area contributed by atoms with Crippen molar-refractivity contribution in [3.8, 4) is 5.88 Å². The van der Waals surface area contributed by atoms with E-state index in [9.17, 15) is 13.6 Å². The Morgan fingerprint density at radius 2 is 2.12 bits per heavy atom. The van der Waals surface area contributed by atoms with E-state index >= 15 is 0 Å². The van der Waals surface area contributed by atoms with Crippen molar-refractivity contribution in [2.75, 3.05) is 6.61 Å². The summed E-state index contributed by atoms with van der Waals surface area (Å²) in [4.78, 5) is 16.3. The summed E-state index contributed by atoms with van der Waals surface area (Å²) in [5, 5.41) is 2.87. The third-order valence-electron chi connectivity index (χ3n) is 4.06. The molecule has 126 valence electrons. The van der Waals surface area contributed by atoms with E-state index in [4.69, 9.17) is 4.74 Å². The summed E-state index contributed by atoms with van der Waals surface area (Å²) in [7, 11) is 0. The molecule has 24 heavy (non-hydrogen) atoms. The Morgan fingerprint density at radius 3 is 2.88 bits per heavy atom. The molecular formula is C18H18F2N2O2. The summed E-state index contributed by atoms with van der Waals surface area (Å²) >= 11 is 0. The molecule has 0 spiro atoms. The molecule has 2 unspecified atom stereocenters. The van der Waals surface area contributed by atoms with Gasteiger partial charge in [-0.1, -0.05) is 6.07 Å². The van der Waals surface area contributed by atoms with E-state index in [1.807, 2.05) is 13.0 Å². The first-order chi connectivity index (χ1) is 11.6. The zero-order valence-corrected chi connectivity index (χ0v) is 13.3. The minimum absolute atomic E-state index is 0.0449. The average molecular weight is 332 g/mol. The molecule has 1 heterocycles. The highest BCUT2D eigenvalue weighted by atomic mass is 19.2. The molecule has 2 aromatic rings. The lowest BCUT2D eigenvalue weighted by Gasteiger charge is -2.07. The third-order valence-corrected chi connectivity index (χ3v) is 4.06. The summed E-state index contributed by atoms with van der Waals surface area (Å²) in [6, 6.07) is 7.40. The average Bonchev–Trinajstić information content (AvgIpc) is 3.37. The second kappa shape index (κ2) is 6.95. The summed E-state index contributed by atoms with van der Waals surface area (Å²) in [6.45, 7) is 2.78. The second-order valence-corrected chi connectivity index (χ2v) is 5.78. The van der Waals surface area contributed by atoms with E-state index in [1.54, 1.807) is 12.3 Å². The number of hydrogen-bond donors (Lipinski definition) is 1. The number of benzene rings is 1. The van der Waals surface area contributed by atoms with Gasteiger partial charge in [-0.05, 0) is 48.6 Å². The van der Waals surface area contributed by atoms with Crippen LogP contribution in [0, 0.1) is 17.6 Å². The molecule has 0 radical (unpaired) electrons. The van der Waals surface area contributed by atoms with Crippen LogP contribution in [0.3, 0.4) is 0 Å². The topological polar surface area (TPSA) is 51.2 Å². The predicted octanol–water partition coefficient (Wildman–Crippen LogP) is 3.18. The molecule has 2 atom stereocenters. The number of rotatable bonds is 6. The molecule has 6 heteroatoms. The first-order valence-corrected chi connectivity index (χ1v) is 7.89. The summed E-state index contributed by atoms with van der Waals surface area (Å²) in [6.07, 6.45) is 2.28. The van der Waals surface area contributed by atoms with Gasteiger partial charge in [-0.2, -0.15) is 0 Å². The highest BCUT2D eigenvalue weighted by Gasteiger charge is 2.44. The fourth-order valence-electron chi connectivity index (χ4n) is 2.70. The van der Waals surface area contributed by atoms with E-state index in [0.29, 0.717) is 31.0 Å². The third kappa shape index (κ3) is 3.69. The predicted molar refractivity (Wildman–Crippen MR) is 84.5 cm³/mol. The number of amides is 1. The fourth-order valence-corrected chi connectivity index (χ4v) is 2.70. The van der Waals surface area contributed by atoms with E-state index < -0.39 is 11.6 Å². The minimum atomic E-state index is -0.876. The van der Waals surface area contributed by atoms with E-state index in [1.165, 1.54) is 12.1 Å². The van der Waals surface area contributed by atoms with Crippen molar-refractivity contribution in [2.45, 2.75) is 25.8 Å². The molecule has 3 rings (SSSR count). The normalized spacial score (nSPS) is 19.0. The molecule has 4 nitrogen and oxygen atoms in total. The van der Waals surface area contributed by atoms with Crippen LogP contribution in [0.15, 0.2) is 36.5 Å². The molecular weight excluding hydrogens is 314 g/mol. The molecule has 1 aliphatic carbocycles. The lowest BCUT2D eigenvalue weighted by molar-refractivity contribution is -0.122. The van der Waals surface area contributed by atoms with E-state index in [2.05, 4.69) is 10.3 Å². The van der Waals surface area contributed by atoms with Gasteiger partial charge in [-0.25, -0.2) is 13.8 Å². The SMILES string of the molecule is CCOc1cc(CNC(=O)C2CC2c2ccc(F)c(F)c2)ccn1. The maximum Gasteiger partial charge on any atom is 0.224 e. The van der Waals surface area contributed by atoms with Gasteiger partial charge in [0.2, 0.25) is 11.8 Å². The number of nitrogens with one attached hydrogen (secondary N) is 1. The van der Waals surface area contributed by atoms with Crippen molar-refractivity contribution < 1.29 is 18.3 Å². The van der Waals surface area contributed by atoms with Gasteiger partial charge in [0, 0.05) is 24.7 Å². The number of hydrogen-bond acceptors (Lipinski definition) is 3. The number of aromatic nitrogens is 1. The molecule has 0 saturated heterocycles. The molecule has 1 amide bonds. The smallest absolute Gasteiger partial charge is 0.224 e. The number of halogens is 2. The summed E-state index contributed by atoms with van der Waals surface area (Å²) in [5.41, 5.74) is 1.56. The van der Waals surface area contributed by atoms with Crippen molar-refractivity contribution in [3.05, 3.63) is 59.3 Å². The Kier molecular flexibility index (Phi) is 4.74.